The van der Waals surface area contributed by atoms with Gasteiger partial charge in [0, 0.05) is 25.2 Å². The molecule has 3 rings (SSSR count). The third kappa shape index (κ3) is 3.97. The van der Waals surface area contributed by atoms with Crippen molar-refractivity contribution in [1.29, 1.82) is 0 Å². The number of ether oxygens (including phenoxy) is 1. The lowest BCUT2D eigenvalue weighted by Gasteiger charge is -2.27. The van der Waals surface area contributed by atoms with Gasteiger partial charge >= 0.3 is 6.09 Å². The molecular formula is C19H21N3O3. The van der Waals surface area contributed by atoms with Gasteiger partial charge in [-0.1, -0.05) is 42.5 Å². The van der Waals surface area contributed by atoms with Gasteiger partial charge in [0.15, 0.2) is 0 Å². The van der Waals surface area contributed by atoms with Crippen LogP contribution in [0.15, 0.2) is 54.6 Å². The Hall–Kier alpha value is -2.86. The van der Waals surface area contributed by atoms with Gasteiger partial charge in [0.1, 0.15) is 6.61 Å². The zero-order valence-corrected chi connectivity index (χ0v) is 13.9. The summed E-state index contributed by atoms with van der Waals surface area (Å²) in [6.07, 6.45) is 0.223. The minimum atomic E-state index is -0.506. The van der Waals surface area contributed by atoms with Gasteiger partial charge in [-0.05, 0) is 29.7 Å². The fourth-order valence-electron chi connectivity index (χ4n) is 2.74. The molecule has 1 saturated heterocycles. The molecule has 0 aliphatic carbocycles. The molecule has 25 heavy (non-hydrogen) atoms. The van der Waals surface area contributed by atoms with Crippen molar-refractivity contribution in [3.8, 4) is 0 Å². The number of carbonyl (C=O) groups is 2. The molecule has 0 saturated carbocycles. The van der Waals surface area contributed by atoms with Crippen LogP contribution in [-0.2, 0) is 17.9 Å². The molecule has 2 amide bonds. The van der Waals surface area contributed by atoms with Crippen molar-refractivity contribution >= 4 is 12.0 Å². The van der Waals surface area contributed by atoms with Crippen molar-refractivity contribution in [2.24, 2.45) is 5.73 Å². The second-order valence-electron chi connectivity index (χ2n) is 5.85. The number of rotatable bonds is 4. The number of hydrogen-bond acceptors (Lipinski definition) is 4. The maximum atomic E-state index is 12.7. The van der Waals surface area contributed by atoms with E-state index in [2.05, 4.69) is 0 Å². The summed E-state index contributed by atoms with van der Waals surface area (Å²) < 4.78 is 5.34. The highest BCUT2D eigenvalue weighted by atomic mass is 16.6. The average Bonchev–Trinajstić information content (AvgIpc) is 3.16. The zero-order chi connectivity index (χ0) is 17.6. The van der Waals surface area contributed by atoms with Crippen LogP contribution < -0.4 is 5.73 Å². The standard InChI is InChI=1S/C19H21N3O3/c20-13-15-7-9-17(10-8-15)18(23)21-11-4-12-22(21)19(24)25-14-16-5-2-1-3-6-16/h1-3,5-10H,4,11-14,20H2. The highest BCUT2D eigenvalue weighted by molar-refractivity contribution is 5.95. The van der Waals surface area contributed by atoms with Crippen LogP contribution in [0, 0.1) is 0 Å². The predicted molar refractivity (Wildman–Crippen MR) is 93.3 cm³/mol. The van der Waals surface area contributed by atoms with Crippen LogP contribution in [0.5, 0.6) is 0 Å². The van der Waals surface area contributed by atoms with E-state index in [1.54, 1.807) is 12.1 Å². The summed E-state index contributed by atoms with van der Waals surface area (Å²) in [7, 11) is 0. The third-order valence-corrected chi connectivity index (χ3v) is 4.12. The summed E-state index contributed by atoms with van der Waals surface area (Å²) in [4.78, 5) is 25.0. The van der Waals surface area contributed by atoms with E-state index in [1.807, 2.05) is 42.5 Å². The van der Waals surface area contributed by atoms with E-state index in [0.29, 0.717) is 25.2 Å². The van der Waals surface area contributed by atoms with Gasteiger partial charge in [-0.2, -0.15) is 0 Å². The van der Waals surface area contributed by atoms with Gasteiger partial charge in [0.05, 0.1) is 0 Å². The maximum absolute atomic E-state index is 12.7. The first-order valence-electron chi connectivity index (χ1n) is 8.28. The summed E-state index contributed by atoms with van der Waals surface area (Å²) >= 11 is 0. The zero-order valence-electron chi connectivity index (χ0n) is 13.9. The molecule has 2 N–H and O–H groups in total. The Labute approximate surface area is 146 Å². The van der Waals surface area contributed by atoms with Gasteiger partial charge in [-0.25, -0.2) is 14.8 Å². The Morgan fingerprint density at radius 1 is 0.920 bits per heavy atom. The van der Waals surface area contributed by atoms with Crippen molar-refractivity contribution in [3.63, 3.8) is 0 Å². The van der Waals surface area contributed by atoms with Gasteiger partial charge < -0.3 is 10.5 Å². The predicted octanol–water partition coefficient (Wildman–Crippen LogP) is 2.55. The van der Waals surface area contributed by atoms with E-state index in [4.69, 9.17) is 10.5 Å². The second-order valence-corrected chi connectivity index (χ2v) is 5.85. The Balaban J connectivity index is 1.64. The third-order valence-electron chi connectivity index (χ3n) is 4.12. The number of hydrogen-bond donors (Lipinski definition) is 1. The fourth-order valence-corrected chi connectivity index (χ4v) is 2.74. The summed E-state index contributed by atoms with van der Waals surface area (Å²) in [5, 5.41) is 2.83. The van der Waals surface area contributed by atoms with E-state index in [0.717, 1.165) is 17.5 Å². The quantitative estimate of drug-likeness (QED) is 0.929. The first-order chi connectivity index (χ1) is 12.2. The number of hydrazine groups is 1. The fraction of sp³-hybridized carbons (Fsp3) is 0.263. The molecular weight excluding hydrogens is 318 g/mol. The smallest absolute Gasteiger partial charge is 0.429 e. The minimum Gasteiger partial charge on any atom is -0.443 e. The molecule has 0 spiro atoms. The van der Waals surface area contributed by atoms with Gasteiger partial charge in [-0.3, -0.25) is 4.79 Å². The normalized spacial score (nSPS) is 13.8. The van der Waals surface area contributed by atoms with Crippen LogP contribution in [0.25, 0.3) is 0 Å². The van der Waals surface area contributed by atoms with Crippen LogP contribution in [-0.4, -0.2) is 35.1 Å². The molecule has 1 heterocycles. The van der Waals surface area contributed by atoms with Crippen LogP contribution in [0.2, 0.25) is 0 Å². The number of benzene rings is 2. The number of carbonyl (C=O) groups excluding carboxylic acids is 2. The first-order valence-corrected chi connectivity index (χ1v) is 8.28. The number of amides is 2. The topological polar surface area (TPSA) is 75.9 Å². The lowest BCUT2D eigenvalue weighted by Crippen LogP contribution is -2.45. The highest BCUT2D eigenvalue weighted by Crippen LogP contribution is 2.17. The van der Waals surface area contributed by atoms with Gasteiger partial charge in [0.2, 0.25) is 0 Å². The largest absolute Gasteiger partial charge is 0.443 e. The molecule has 0 radical (unpaired) electrons. The molecule has 0 atom stereocenters. The summed E-state index contributed by atoms with van der Waals surface area (Å²) in [6, 6.07) is 16.6. The monoisotopic (exact) mass is 339 g/mol. The van der Waals surface area contributed by atoms with E-state index in [9.17, 15) is 9.59 Å². The van der Waals surface area contributed by atoms with E-state index >= 15 is 0 Å². The molecule has 2 aromatic carbocycles. The second kappa shape index (κ2) is 7.81. The molecule has 0 unspecified atom stereocenters. The summed E-state index contributed by atoms with van der Waals surface area (Å²) in [5.41, 5.74) is 7.97. The van der Waals surface area contributed by atoms with Crippen molar-refractivity contribution in [2.75, 3.05) is 13.1 Å². The lowest BCUT2D eigenvalue weighted by atomic mass is 10.1. The van der Waals surface area contributed by atoms with Crippen molar-refractivity contribution < 1.29 is 14.3 Å². The lowest BCUT2D eigenvalue weighted by molar-refractivity contribution is 0.0111. The van der Waals surface area contributed by atoms with Crippen molar-refractivity contribution in [3.05, 3.63) is 71.3 Å². The van der Waals surface area contributed by atoms with Gasteiger partial charge in [-0.15, -0.1) is 0 Å². The number of nitrogens with zero attached hydrogens (tertiary/aromatic N) is 2. The first kappa shape index (κ1) is 17.0. The van der Waals surface area contributed by atoms with Crippen molar-refractivity contribution in [1.82, 2.24) is 10.0 Å². The SMILES string of the molecule is NCc1ccc(C(=O)N2CCCN2C(=O)OCc2ccccc2)cc1. The van der Waals surface area contributed by atoms with Gasteiger partial charge in [0.25, 0.3) is 5.91 Å². The molecule has 1 aliphatic heterocycles. The van der Waals surface area contributed by atoms with Crippen LogP contribution in [0.4, 0.5) is 4.79 Å². The Morgan fingerprint density at radius 3 is 2.28 bits per heavy atom. The molecule has 0 aromatic heterocycles. The molecule has 6 heteroatoms. The number of nitrogens with two attached hydrogens (primary N) is 1. The van der Waals surface area contributed by atoms with Crippen molar-refractivity contribution in [2.45, 2.75) is 19.6 Å². The minimum absolute atomic E-state index is 0.184. The van der Waals surface area contributed by atoms with Crippen LogP contribution in [0.1, 0.15) is 27.9 Å². The molecule has 2 aromatic rings. The summed E-state index contributed by atoms with van der Waals surface area (Å²) in [5.74, 6) is -0.210. The maximum Gasteiger partial charge on any atom is 0.429 e. The summed E-state index contributed by atoms with van der Waals surface area (Å²) in [6.45, 7) is 1.58. The van der Waals surface area contributed by atoms with Crippen LogP contribution >= 0.6 is 0 Å². The van der Waals surface area contributed by atoms with E-state index < -0.39 is 6.09 Å². The molecule has 0 bridgehead atoms. The molecule has 1 fully saturated rings. The highest BCUT2D eigenvalue weighted by Gasteiger charge is 2.32. The Bertz CT molecular complexity index is 731. The molecule has 130 valence electrons. The molecule has 6 nitrogen and oxygen atoms in total. The molecule has 1 aliphatic rings. The average molecular weight is 339 g/mol. The van der Waals surface area contributed by atoms with E-state index in [1.165, 1.54) is 10.0 Å². The Kier molecular flexibility index (Phi) is 5.30. The van der Waals surface area contributed by atoms with E-state index in [-0.39, 0.29) is 12.5 Å². The van der Waals surface area contributed by atoms with Crippen LogP contribution in [0.3, 0.4) is 0 Å². The Morgan fingerprint density at radius 2 is 1.60 bits per heavy atom.